The Balaban J connectivity index is 1.53. The van der Waals surface area contributed by atoms with Crippen molar-refractivity contribution in [2.24, 2.45) is 0 Å². The number of ketones is 1. The molecular formula is C23H27Cl2NO2. The molecule has 0 saturated heterocycles. The summed E-state index contributed by atoms with van der Waals surface area (Å²) in [6, 6.07) is 14.9. The highest BCUT2D eigenvalue weighted by atomic mass is 35.5. The van der Waals surface area contributed by atoms with Crippen LogP contribution < -0.4 is 5.32 Å². The normalized spacial score (nSPS) is 10.6. The summed E-state index contributed by atoms with van der Waals surface area (Å²) >= 11 is 11.5. The highest BCUT2D eigenvalue weighted by Gasteiger charge is 2.06. The van der Waals surface area contributed by atoms with E-state index in [2.05, 4.69) is 5.32 Å². The summed E-state index contributed by atoms with van der Waals surface area (Å²) in [5.74, 6) is 1.06. The third kappa shape index (κ3) is 7.65. The van der Waals surface area contributed by atoms with Gasteiger partial charge in [-0.05, 0) is 36.1 Å². The molecule has 1 amide bonds. The quantitative estimate of drug-likeness (QED) is 0.256. The van der Waals surface area contributed by atoms with Gasteiger partial charge in [-0.3, -0.25) is 9.59 Å². The van der Waals surface area contributed by atoms with E-state index >= 15 is 0 Å². The molecule has 5 heteroatoms. The lowest BCUT2D eigenvalue weighted by molar-refractivity contribution is 0.0950. The van der Waals surface area contributed by atoms with Crippen LogP contribution in [0.1, 0.15) is 70.4 Å². The fraction of sp³-hybridized carbons (Fsp3) is 0.391. The lowest BCUT2D eigenvalue weighted by atomic mass is 10.0. The fourth-order valence-corrected chi connectivity index (χ4v) is 3.27. The highest BCUT2D eigenvalue weighted by Crippen LogP contribution is 2.12. The third-order valence-corrected chi connectivity index (χ3v) is 5.28. The third-order valence-electron chi connectivity index (χ3n) is 4.67. The van der Waals surface area contributed by atoms with Crippen LogP contribution in [-0.2, 0) is 11.8 Å². The number of carbonyl (C=O) groups excluding carboxylic acids is 2. The number of halogens is 2. The number of unbranched alkanes of at least 4 members (excludes halogenated alkanes) is 4. The van der Waals surface area contributed by atoms with E-state index in [1.165, 1.54) is 0 Å². The maximum absolute atomic E-state index is 12.1. The molecule has 2 rings (SSSR count). The van der Waals surface area contributed by atoms with Crippen molar-refractivity contribution in [3.63, 3.8) is 0 Å². The summed E-state index contributed by atoms with van der Waals surface area (Å²) in [4.78, 5) is 24.2. The van der Waals surface area contributed by atoms with Gasteiger partial charge in [-0.1, -0.05) is 55.7 Å². The average molecular weight is 420 g/mol. The van der Waals surface area contributed by atoms with Gasteiger partial charge in [-0.15, -0.1) is 23.2 Å². The van der Waals surface area contributed by atoms with E-state index in [-0.39, 0.29) is 11.7 Å². The van der Waals surface area contributed by atoms with Crippen molar-refractivity contribution in [2.45, 2.75) is 50.3 Å². The molecule has 0 unspecified atom stereocenters. The summed E-state index contributed by atoms with van der Waals surface area (Å²) in [7, 11) is 0. The van der Waals surface area contributed by atoms with Gasteiger partial charge in [-0.25, -0.2) is 0 Å². The molecule has 150 valence electrons. The average Bonchev–Trinajstić information content (AvgIpc) is 2.75. The molecule has 3 nitrogen and oxygen atoms in total. The van der Waals surface area contributed by atoms with E-state index in [1.54, 1.807) is 12.1 Å². The molecule has 2 aromatic carbocycles. The number of nitrogens with one attached hydrogen (secondary N) is 1. The van der Waals surface area contributed by atoms with Crippen molar-refractivity contribution < 1.29 is 9.59 Å². The number of benzene rings is 2. The van der Waals surface area contributed by atoms with E-state index in [4.69, 9.17) is 23.2 Å². The Kier molecular flexibility index (Phi) is 10.1. The number of rotatable bonds is 12. The van der Waals surface area contributed by atoms with Gasteiger partial charge in [0.2, 0.25) is 0 Å². The van der Waals surface area contributed by atoms with Gasteiger partial charge in [0.15, 0.2) is 5.78 Å². The van der Waals surface area contributed by atoms with Crippen LogP contribution in [-0.4, -0.2) is 18.2 Å². The first-order chi connectivity index (χ1) is 13.6. The Labute approximate surface area is 177 Å². The topological polar surface area (TPSA) is 46.2 Å². The molecule has 0 fully saturated rings. The Morgan fingerprint density at radius 1 is 0.679 bits per heavy atom. The highest BCUT2D eigenvalue weighted by molar-refractivity contribution is 6.17. The van der Waals surface area contributed by atoms with Gasteiger partial charge in [0.1, 0.15) is 0 Å². The van der Waals surface area contributed by atoms with Crippen LogP contribution in [0.2, 0.25) is 0 Å². The minimum atomic E-state index is -0.0492. The van der Waals surface area contributed by atoms with Gasteiger partial charge >= 0.3 is 0 Å². The zero-order chi connectivity index (χ0) is 20.2. The van der Waals surface area contributed by atoms with Gasteiger partial charge in [0.05, 0.1) is 0 Å². The zero-order valence-corrected chi connectivity index (χ0v) is 17.6. The maximum atomic E-state index is 12.1. The molecule has 0 aliphatic heterocycles. The van der Waals surface area contributed by atoms with E-state index in [1.807, 2.05) is 36.4 Å². The maximum Gasteiger partial charge on any atom is 0.251 e. The molecule has 0 saturated carbocycles. The smallest absolute Gasteiger partial charge is 0.251 e. The van der Waals surface area contributed by atoms with Crippen LogP contribution >= 0.6 is 23.2 Å². The SMILES string of the molecule is O=C(CCCCCCCNC(=O)c1ccc(CCl)cc1)c1ccc(CCl)cc1. The first-order valence-electron chi connectivity index (χ1n) is 9.75. The van der Waals surface area contributed by atoms with Gasteiger partial charge < -0.3 is 5.32 Å². The predicted octanol–water partition coefficient (Wildman–Crippen LogP) is 6.12. The number of hydrogen-bond donors (Lipinski definition) is 1. The molecule has 28 heavy (non-hydrogen) atoms. The number of alkyl halides is 2. The summed E-state index contributed by atoms with van der Waals surface area (Å²) in [5.41, 5.74) is 3.45. The van der Waals surface area contributed by atoms with E-state index < -0.39 is 0 Å². The lowest BCUT2D eigenvalue weighted by Gasteiger charge is -2.06. The second-order valence-corrected chi connectivity index (χ2v) is 7.39. The lowest BCUT2D eigenvalue weighted by Crippen LogP contribution is -2.24. The Bertz CT molecular complexity index is 677. The molecule has 0 atom stereocenters. The first-order valence-corrected chi connectivity index (χ1v) is 10.8. The monoisotopic (exact) mass is 419 g/mol. The Hall–Kier alpha value is -1.84. The van der Waals surface area contributed by atoms with Gasteiger partial charge in [0.25, 0.3) is 5.91 Å². The minimum absolute atomic E-state index is 0.0492. The summed E-state index contributed by atoms with van der Waals surface area (Å²) in [5, 5.41) is 2.94. The van der Waals surface area contributed by atoms with Crippen LogP contribution in [0.15, 0.2) is 48.5 Å². The van der Waals surface area contributed by atoms with Crippen molar-refractivity contribution in [2.75, 3.05) is 6.54 Å². The molecule has 0 heterocycles. The summed E-state index contributed by atoms with van der Waals surface area (Å²) in [6.07, 6.45) is 5.56. The second kappa shape index (κ2) is 12.6. The van der Waals surface area contributed by atoms with Crippen molar-refractivity contribution in [3.8, 4) is 0 Å². The fourth-order valence-electron chi connectivity index (χ4n) is 2.91. The molecule has 0 aromatic heterocycles. The van der Waals surface area contributed by atoms with Crippen molar-refractivity contribution in [1.29, 1.82) is 0 Å². The standard InChI is InChI=1S/C23H27Cl2NO2/c24-16-18-7-11-20(12-8-18)22(27)6-4-2-1-3-5-15-26-23(28)21-13-9-19(17-25)10-14-21/h7-14H,1-6,15-17H2,(H,26,28). The van der Waals surface area contributed by atoms with Crippen molar-refractivity contribution in [3.05, 3.63) is 70.8 Å². The van der Waals surface area contributed by atoms with Crippen molar-refractivity contribution >= 4 is 34.9 Å². The predicted molar refractivity (Wildman–Crippen MR) is 116 cm³/mol. The molecule has 0 radical (unpaired) electrons. The Morgan fingerprint density at radius 3 is 1.75 bits per heavy atom. The van der Waals surface area contributed by atoms with Crippen LogP contribution in [0.3, 0.4) is 0 Å². The van der Waals surface area contributed by atoms with E-state index in [0.717, 1.165) is 48.8 Å². The minimum Gasteiger partial charge on any atom is -0.352 e. The first kappa shape index (κ1) is 22.4. The number of hydrogen-bond acceptors (Lipinski definition) is 2. The van der Waals surface area contributed by atoms with Crippen LogP contribution in [0.5, 0.6) is 0 Å². The molecule has 1 N–H and O–H groups in total. The van der Waals surface area contributed by atoms with Crippen LogP contribution in [0.4, 0.5) is 0 Å². The number of Topliss-reactive ketones (excluding diaryl/α,β-unsaturated/α-hetero) is 1. The number of carbonyl (C=O) groups is 2. The summed E-state index contributed by atoms with van der Waals surface area (Å²) < 4.78 is 0. The van der Waals surface area contributed by atoms with Crippen LogP contribution in [0.25, 0.3) is 0 Å². The molecule has 2 aromatic rings. The molecule has 0 aliphatic carbocycles. The largest absolute Gasteiger partial charge is 0.352 e. The molecule has 0 aliphatic rings. The molecule has 0 spiro atoms. The van der Waals surface area contributed by atoms with Crippen LogP contribution in [0, 0.1) is 0 Å². The second-order valence-electron chi connectivity index (χ2n) is 6.86. The van der Waals surface area contributed by atoms with E-state index in [0.29, 0.717) is 30.3 Å². The van der Waals surface area contributed by atoms with Gasteiger partial charge in [0, 0.05) is 35.9 Å². The van der Waals surface area contributed by atoms with E-state index in [9.17, 15) is 9.59 Å². The Morgan fingerprint density at radius 2 is 1.18 bits per heavy atom. The van der Waals surface area contributed by atoms with Crippen molar-refractivity contribution in [1.82, 2.24) is 5.32 Å². The number of amides is 1. The molecular weight excluding hydrogens is 393 g/mol. The molecule has 0 bridgehead atoms. The summed E-state index contributed by atoms with van der Waals surface area (Å²) in [6.45, 7) is 0.669. The van der Waals surface area contributed by atoms with Gasteiger partial charge in [-0.2, -0.15) is 0 Å². The zero-order valence-electron chi connectivity index (χ0n) is 16.1.